The summed E-state index contributed by atoms with van der Waals surface area (Å²) in [6.07, 6.45) is 88.1. The lowest BCUT2D eigenvalue weighted by atomic mass is 10.0. The van der Waals surface area contributed by atoms with E-state index in [1.807, 2.05) is 0 Å². The van der Waals surface area contributed by atoms with Crippen molar-refractivity contribution >= 4 is 17.9 Å². The monoisotopic (exact) mass is 1070 g/mol. The van der Waals surface area contributed by atoms with Gasteiger partial charge in [-0.3, -0.25) is 14.4 Å². The predicted octanol–water partition coefficient (Wildman–Crippen LogP) is 22.2. The van der Waals surface area contributed by atoms with Crippen LogP contribution in [0.4, 0.5) is 0 Å². The third kappa shape index (κ3) is 62.8. The van der Waals surface area contributed by atoms with Gasteiger partial charge in [0.2, 0.25) is 0 Å². The highest BCUT2D eigenvalue weighted by molar-refractivity contribution is 5.71. The molecule has 0 saturated heterocycles. The van der Waals surface area contributed by atoms with Gasteiger partial charge in [-0.05, 0) is 122 Å². The average Bonchev–Trinajstić information content (AvgIpc) is 3.43. The summed E-state index contributed by atoms with van der Waals surface area (Å²) in [5.41, 5.74) is 0. The minimum absolute atomic E-state index is 0.0868. The van der Waals surface area contributed by atoms with Crippen molar-refractivity contribution in [1.29, 1.82) is 0 Å². The van der Waals surface area contributed by atoms with Crippen molar-refractivity contribution in [2.45, 2.75) is 309 Å². The van der Waals surface area contributed by atoms with E-state index in [-0.39, 0.29) is 31.1 Å². The summed E-state index contributed by atoms with van der Waals surface area (Å²) in [4.78, 5) is 38.3. The maximum Gasteiger partial charge on any atom is 0.306 e. The van der Waals surface area contributed by atoms with Gasteiger partial charge in [0.1, 0.15) is 13.2 Å². The number of unbranched alkanes of at least 4 members (excludes halogenated alkanes) is 29. The molecule has 0 rings (SSSR count). The van der Waals surface area contributed by atoms with Gasteiger partial charge in [0.15, 0.2) is 6.10 Å². The van der Waals surface area contributed by atoms with Crippen LogP contribution in [0, 0.1) is 0 Å². The molecule has 0 saturated carbocycles. The van der Waals surface area contributed by atoms with Crippen molar-refractivity contribution in [3.05, 3.63) is 109 Å². The van der Waals surface area contributed by atoms with Gasteiger partial charge in [0, 0.05) is 19.3 Å². The maximum absolute atomic E-state index is 12.9. The smallest absolute Gasteiger partial charge is 0.306 e. The predicted molar refractivity (Wildman–Crippen MR) is 334 cm³/mol. The van der Waals surface area contributed by atoms with Crippen molar-refractivity contribution in [3.63, 3.8) is 0 Å². The standard InChI is InChI=1S/C71H120O6/c1-4-7-10-13-16-19-22-25-28-30-31-32-33-34-35-36-37-38-39-41-43-46-49-52-55-58-61-64-70(73)76-67-68(66-75-69(72)63-60-57-54-51-48-45-42-27-24-21-18-15-12-9-6-3)77-71(74)65-62-59-56-53-50-47-44-40-29-26-23-20-17-14-11-8-5-2/h7,9-10,12,16,18-19,21,25-29,31-32,34-35,42,68H,4-6,8,11,13-15,17,20,22-24,30,33,36-41,43-67H2,1-3H3/b10-7-,12-9-,19-16-,21-18-,28-25-,29-26-,32-31-,35-34-,42-27-. The minimum Gasteiger partial charge on any atom is -0.462 e. The van der Waals surface area contributed by atoms with Crippen LogP contribution in [0.5, 0.6) is 0 Å². The van der Waals surface area contributed by atoms with E-state index in [1.54, 1.807) is 0 Å². The Morgan fingerprint density at radius 1 is 0.273 bits per heavy atom. The van der Waals surface area contributed by atoms with E-state index in [0.29, 0.717) is 19.3 Å². The van der Waals surface area contributed by atoms with E-state index in [4.69, 9.17) is 14.2 Å². The minimum atomic E-state index is -0.791. The van der Waals surface area contributed by atoms with E-state index < -0.39 is 6.10 Å². The quantitative estimate of drug-likeness (QED) is 0.0261. The van der Waals surface area contributed by atoms with E-state index in [2.05, 4.69) is 130 Å². The summed E-state index contributed by atoms with van der Waals surface area (Å²) in [5, 5.41) is 0. The van der Waals surface area contributed by atoms with Crippen molar-refractivity contribution in [3.8, 4) is 0 Å². The summed E-state index contributed by atoms with van der Waals surface area (Å²) >= 11 is 0. The molecular weight excluding hydrogens is 949 g/mol. The zero-order valence-electron chi connectivity index (χ0n) is 50.4. The molecule has 1 atom stereocenters. The first kappa shape index (κ1) is 73.1. The molecule has 0 N–H and O–H groups in total. The molecule has 0 aromatic rings. The first-order valence-corrected chi connectivity index (χ1v) is 32.4. The molecule has 0 amide bonds. The van der Waals surface area contributed by atoms with E-state index in [1.165, 1.54) is 135 Å². The Morgan fingerprint density at radius 2 is 0.506 bits per heavy atom. The normalized spacial score (nSPS) is 12.8. The first-order valence-electron chi connectivity index (χ1n) is 32.4. The second-order valence-corrected chi connectivity index (χ2v) is 21.3. The SMILES string of the molecule is CC/C=C\C/C=C\C/C=C\C/C=C\C/C=C\CCCCCCCCCCCCCC(=O)OCC(COC(=O)CCCCCCC/C=C\C/C=C\C/C=C\CC)OC(=O)CCCCCCCCC/C=C\CCCCCCCC. The molecule has 0 bridgehead atoms. The van der Waals surface area contributed by atoms with Gasteiger partial charge in [-0.2, -0.15) is 0 Å². The van der Waals surface area contributed by atoms with Gasteiger partial charge in [0.25, 0.3) is 0 Å². The Balaban J connectivity index is 4.34. The number of hydrogen-bond acceptors (Lipinski definition) is 6. The van der Waals surface area contributed by atoms with Crippen LogP contribution in [0.25, 0.3) is 0 Å². The van der Waals surface area contributed by atoms with Crippen LogP contribution < -0.4 is 0 Å². The number of esters is 3. The van der Waals surface area contributed by atoms with Crippen LogP contribution >= 0.6 is 0 Å². The third-order valence-corrected chi connectivity index (χ3v) is 13.7. The highest BCUT2D eigenvalue weighted by Crippen LogP contribution is 2.16. The van der Waals surface area contributed by atoms with Gasteiger partial charge in [-0.1, -0.05) is 271 Å². The second kappa shape index (κ2) is 64.6. The molecule has 6 nitrogen and oxygen atoms in total. The molecule has 6 heteroatoms. The molecular formula is C71H120O6. The highest BCUT2D eigenvalue weighted by Gasteiger charge is 2.19. The number of carbonyl (C=O) groups excluding carboxylic acids is 3. The average molecular weight is 1070 g/mol. The van der Waals surface area contributed by atoms with Crippen LogP contribution in [0.2, 0.25) is 0 Å². The summed E-state index contributed by atoms with van der Waals surface area (Å²) in [6.45, 7) is 6.41. The van der Waals surface area contributed by atoms with E-state index in [9.17, 15) is 14.4 Å². The van der Waals surface area contributed by atoms with Crippen molar-refractivity contribution in [2.24, 2.45) is 0 Å². The fourth-order valence-electron chi connectivity index (χ4n) is 8.95. The number of allylic oxidation sites excluding steroid dienone is 18. The van der Waals surface area contributed by atoms with Crippen molar-refractivity contribution in [1.82, 2.24) is 0 Å². The zero-order chi connectivity index (χ0) is 55.7. The highest BCUT2D eigenvalue weighted by atomic mass is 16.6. The van der Waals surface area contributed by atoms with Crippen molar-refractivity contribution in [2.75, 3.05) is 13.2 Å². The molecule has 0 aliphatic carbocycles. The lowest BCUT2D eigenvalue weighted by Gasteiger charge is -2.18. The lowest BCUT2D eigenvalue weighted by molar-refractivity contribution is -0.167. The van der Waals surface area contributed by atoms with Crippen LogP contribution in [0.15, 0.2) is 109 Å². The van der Waals surface area contributed by atoms with Crippen LogP contribution in [0.3, 0.4) is 0 Å². The Morgan fingerprint density at radius 3 is 0.805 bits per heavy atom. The van der Waals surface area contributed by atoms with Gasteiger partial charge in [-0.15, -0.1) is 0 Å². The fourth-order valence-corrected chi connectivity index (χ4v) is 8.95. The molecule has 0 aliphatic rings. The molecule has 440 valence electrons. The fraction of sp³-hybridized carbons (Fsp3) is 0.704. The molecule has 0 radical (unpaired) electrons. The first-order chi connectivity index (χ1) is 38.0. The van der Waals surface area contributed by atoms with Gasteiger partial charge in [-0.25, -0.2) is 0 Å². The molecule has 0 spiro atoms. The van der Waals surface area contributed by atoms with E-state index >= 15 is 0 Å². The van der Waals surface area contributed by atoms with Gasteiger partial charge >= 0.3 is 17.9 Å². The molecule has 0 aliphatic heterocycles. The molecule has 1 unspecified atom stereocenters. The topological polar surface area (TPSA) is 78.9 Å². The molecule has 0 heterocycles. The van der Waals surface area contributed by atoms with Crippen LogP contribution in [0.1, 0.15) is 303 Å². The Kier molecular flexibility index (Phi) is 61.3. The largest absolute Gasteiger partial charge is 0.462 e. The van der Waals surface area contributed by atoms with E-state index in [0.717, 1.165) is 128 Å². The Hall–Kier alpha value is -3.93. The molecule has 0 aromatic carbocycles. The van der Waals surface area contributed by atoms with Crippen molar-refractivity contribution < 1.29 is 28.6 Å². The van der Waals surface area contributed by atoms with Crippen LogP contribution in [-0.2, 0) is 28.6 Å². The molecule has 77 heavy (non-hydrogen) atoms. The zero-order valence-corrected chi connectivity index (χ0v) is 50.4. The van der Waals surface area contributed by atoms with Gasteiger partial charge < -0.3 is 14.2 Å². The summed E-state index contributed by atoms with van der Waals surface area (Å²) in [6, 6.07) is 0. The Labute approximate surface area is 476 Å². The number of hydrogen-bond donors (Lipinski definition) is 0. The number of rotatable bonds is 58. The summed E-state index contributed by atoms with van der Waals surface area (Å²) in [7, 11) is 0. The second-order valence-electron chi connectivity index (χ2n) is 21.3. The third-order valence-electron chi connectivity index (χ3n) is 13.7. The summed E-state index contributed by atoms with van der Waals surface area (Å²) < 4.78 is 16.9. The van der Waals surface area contributed by atoms with Crippen LogP contribution in [-0.4, -0.2) is 37.2 Å². The number of carbonyl (C=O) groups is 3. The molecule has 0 fully saturated rings. The lowest BCUT2D eigenvalue weighted by Crippen LogP contribution is -2.30. The Bertz CT molecular complexity index is 1560. The molecule has 0 aromatic heterocycles. The van der Waals surface area contributed by atoms with Gasteiger partial charge in [0.05, 0.1) is 0 Å². The maximum atomic E-state index is 12.9. The summed E-state index contributed by atoms with van der Waals surface area (Å²) in [5.74, 6) is -0.903. The number of ether oxygens (including phenoxy) is 3.